The number of aliphatic imine (C=N–C) groups is 1. The van der Waals surface area contributed by atoms with Crippen molar-refractivity contribution >= 4 is 6.72 Å². The molecule has 0 aromatic rings. The fraction of sp³-hybridized carbons (Fsp3) is 0.444. The van der Waals surface area contributed by atoms with Crippen molar-refractivity contribution in [3.8, 4) is 0 Å². The molecule has 2 heteroatoms. The Morgan fingerprint density at radius 3 is 2.55 bits per heavy atom. The van der Waals surface area contributed by atoms with Crippen molar-refractivity contribution < 1.29 is 4.74 Å². The summed E-state index contributed by atoms with van der Waals surface area (Å²) in [5.41, 5.74) is 0.944. The predicted molar refractivity (Wildman–Crippen MR) is 48.7 cm³/mol. The van der Waals surface area contributed by atoms with Gasteiger partial charge in [0.15, 0.2) is 0 Å². The second kappa shape index (κ2) is 5.71. The maximum atomic E-state index is 5.03. The van der Waals surface area contributed by atoms with Crippen molar-refractivity contribution in [2.24, 2.45) is 4.99 Å². The van der Waals surface area contributed by atoms with E-state index in [1.54, 1.807) is 7.11 Å². The minimum Gasteiger partial charge on any atom is -0.497 e. The molecular formula is C9H15NO. The van der Waals surface area contributed by atoms with E-state index in [9.17, 15) is 0 Å². The highest BCUT2D eigenvalue weighted by molar-refractivity contribution is 5.31. The maximum absolute atomic E-state index is 5.03. The molecule has 0 aliphatic heterocycles. The molecule has 0 N–H and O–H groups in total. The number of hydrogen-bond acceptors (Lipinski definition) is 2. The molecule has 62 valence electrons. The Labute approximate surface area is 68.3 Å². The van der Waals surface area contributed by atoms with Crippen molar-refractivity contribution in [2.75, 3.05) is 7.11 Å². The fourth-order valence-corrected chi connectivity index (χ4v) is 0.684. The molecule has 11 heavy (non-hydrogen) atoms. The summed E-state index contributed by atoms with van der Waals surface area (Å²) in [6.45, 7) is 7.41. The predicted octanol–water partition coefficient (Wildman–Crippen LogP) is 2.53. The van der Waals surface area contributed by atoms with E-state index in [4.69, 9.17) is 4.74 Å². The summed E-state index contributed by atoms with van der Waals surface area (Å²) in [7, 11) is 1.64. The van der Waals surface area contributed by atoms with Gasteiger partial charge in [0, 0.05) is 11.8 Å². The van der Waals surface area contributed by atoms with Crippen molar-refractivity contribution in [1.82, 2.24) is 0 Å². The van der Waals surface area contributed by atoms with Gasteiger partial charge in [-0.25, -0.2) is 0 Å². The number of nitrogens with zero attached hydrogens (tertiary/aromatic N) is 1. The summed E-state index contributed by atoms with van der Waals surface area (Å²) in [5, 5.41) is 0. The Balaban J connectivity index is 4.35. The van der Waals surface area contributed by atoms with Gasteiger partial charge in [-0.1, -0.05) is 6.92 Å². The van der Waals surface area contributed by atoms with Crippen LogP contribution in [0.15, 0.2) is 28.6 Å². The van der Waals surface area contributed by atoms with Gasteiger partial charge in [-0.05, 0) is 26.1 Å². The van der Waals surface area contributed by atoms with E-state index < -0.39 is 0 Å². The normalized spacial score (nSPS) is 13.0. The summed E-state index contributed by atoms with van der Waals surface area (Å²) in [4.78, 5) is 3.83. The third-order valence-corrected chi connectivity index (χ3v) is 1.39. The third-order valence-electron chi connectivity index (χ3n) is 1.39. The van der Waals surface area contributed by atoms with Gasteiger partial charge < -0.3 is 4.74 Å². The van der Waals surface area contributed by atoms with Gasteiger partial charge >= 0.3 is 0 Å². The first kappa shape index (κ1) is 9.95. The van der Waals surface area contributed by atoms with Crippen LogP contribution in [0.5, 0.6) is 0 Å². The highest BCUT2D eigenvalue weighted by Gasteiger charge is 1.91. The van der Waals surface area contributed by atoms with Crippen molar-refractivity contribution in [3.63, 3.8) is 0 Å². The molecule has 2 nitrogen and oxygen atoms in total. The van der Waals surface area contributed by atoms with E-state index >= 15 is 0 Å². The Morgan fingerprint density at radius 1 is 1.64 bits per heavy atom. The Morgan fingerprint density at radius 2 is 2.27 bits per heavy atom. The molecule has 0 saturated carbocycles. The minimum atomic E-state index is 0.828. The zero-order valence-electron chi connectivity index (χ0n) is 7.42. The molecule has 0 aromatic heterocycles. The highest BCUT2D eigenvalue weighted by Crippen LogP contribution is 2.07. The fourth-order valence-electron chi connectivity index (χ4n) is 0.684. The lowest BCUT2D eigenvalue weighted by Crippen LogP contribution is -1.83. The smallest absolute Gasteiger partial charge is 0.116 e. The summed E-state index contributed by atoms with van der Waals surface area (Å²) >= 11 is 0. The van der Waals surface area contributed by atoms with Crippen LogP contribution < -0.4 is 0 Å². The summed E-state index contributed by atoms with van der Waals surface area (Å²) < 4.78 is 5.03. The van der Waals surface area contributed by atoms with Gasteiger partial charge in [0.25, 0.3) is 0 Å². The summed E-state index contributed by atoms with van der Waals surface area (Å²) in [6.07, 6.45) is 4.65. The zero-order chi connectivity index (χ0) is 8.69. The van der Waals surface area contributed by atoms with Gasteiger partial charge in [0.1, 0.15) is 5.76 Å². The van der Waals surface area contributed by atoms with Crippen LogP contribution in [0.2, 0.25) is 0 Å². The molecule has 0 radical (unpaired) electrons. The Bertz CT molecular complexity index is 180. The van der Waals surface area contributed by atoms with E-state index in [0.717, 1.165) is 17.9 Å². The van der Waals surface area contributed by atoms with Gasteiger partial charge in [0.05, 0.1) is 7.11 Å². The van der Waals surface area contributed by atoms with Crippen LogP contribution in [-0.2, 0) is 4.74 Å². The topological polar surface area (TPSA) is 21.6 Å². The minimum absolute atomic E-state index is 0.828. The standard InChI is InChI=1S/C9H15NO/c1-5-8(10-3)7-9(6-2)11-4/h6-7H,3,5H2,1-2,4H3/b8-7-,9-6+. The second-order valence-corrected chi connectivity index (χ2v) is 2.04. The molecule has 0 aromatic carbocycles. The van der Waals surface area contributed by atoms with Gasteiger partial charge in [-0.3, -0.25) is 4.99 Å². The third kappa shape index (κ3) is 3.61. The van der Waals surface area contributed by atoms with Crippen LogP contribution in [0, 0.1) is 0 Å². The largest absolute Gasteiger partial charge is 0.497 e. The van der Waals surface area contributed by atoms with Crippen LogP contribution >= 0.6 is 0 Å². The molecular weight excluding hydrogens is 138 g/mol. The first-order valence-corrected chi connectivity index (χ1v) is 3.66. The van der Waals surface area contributed by atoms with Crippen LogP contribution in [0.4, 0.5) is 0 Å². The number of ether oxygens (including phenoxy) is 1. The second-order valence-electron chi connectivity index (χ2n) is 2.04. The lowest BCUT2D eigenvalue weighted by Gasteiger charge is -2.00. The van der Waals surface area contributed by atoms with Crippen LogP contribution in [0.3, 0.4) is 0 Å². The average molecular weight is 153 g/mol. The van der Waals surface area contributed by atoms with Crippen molar-refractivity contribution in [1.29, 1.82) is 0 Å². The number of rotatable bonds is 4. The van der Waals surface area contributed by atoms with Gasteiger partial charge in [-0.15, -0.1) is 0 Å². The van der Waals surface area contributed by atoms with Crippen LogP contribution in [0.25, 0.3) is 0 Å². The molecule has 0 heterocycles. The summed E-state index contributed by atoms with van der Waals surface area (Å²) in [6, 6.07) is 0. The number of allylic oxidation sites excluding steroid dienone is 3. The van der Waals surface area contributed by atoms with Crippen LogP contribution in [-0.4, -0.2) is 13.8 Å². The lowest BCUT2D eigenvalue weighted by atomic mass is 10.3. The molecule has 0 rings (SSSR count). The average Bonchev–Trinajstić information content (AvgIpc) is 2.07. The molecule has 0 aliphatic carbocycles. The van der Waals surface area contributed by atoms with E-state index in [1.807, 2.05) is 26.0 Å². The van der Waals surface area contributed by atoms with E-state index in [-0.39, 0.29) is 0 Å². The Hall–Kier alpha value is -1.05. The van der Waals surface area contributed by atoms with Gasteiger partial charge in [0.2, 0.25) is 0 Å². The molecule has 0 saturated heterocycles. The molecule has 0 spiro atoms. The summed E-state index contributed by atoms with van der Waals surface area (Å²) in [5.74, 6) is 0.828. The van der Waals surface area contributed by atoms with E-state index in [1.165, 1.54) is 0 Å². The Kier molecular flexibility index (Phi) is 5.17. The molecule has 0 fully saturated rings. The van der Waals surface area contributed by atoms with Crippen molar-refractivity contribution in [3.05, 3.63) is 23.6 Å². The van der Waals surface area contributed by atoms with Gasteiger partial charge in [-0.2, -0.15) is 0 Å². The lowest BCUT2D eigenvalue weighted by molar-refractivity contribution is 0.305. The monoisotopic (exact) mass is 153 g/mol. The number of methoxy groups -OCH3 is 1. The quantitative estimate of drug-likeness (QED) is 0.345. The molecule has 0 aliphatic rings. The van der Waals surface area contributed by atoms with Crippen molar-refractivity contribution in [2.45, 2.75) is 20.3 Å². The first-order valence-electron chi connectivity index (χ1n) is 3.66. The molecule has 0 bridgehead atoms. The molecule has 0 atom stereocenters. The van der Waals surface area contributed by atoms with Crippen LogP contribution in [0.1, 0.15) is 20.3 Å². The SMILES string of the molecule is C=N/C(=C\C(=C/C)OC)CC. The number of hydrogen-bond donors (Lipinski definition) is 0. The van der Waals surface area contributed by atoms with E-state index in [2.05, 4.69) is 11.7 Å². The molecule has 0 amide bonds. The van der Waals surface area contributed by atoms with E-state index in [0.29, 0.717) is 0 Å². The first-order chi connectivity index (χ1) is 5.28. The zero-order valence-corrected chi connectivity index (χ0v) is 7.42. The maximum Gasteiger partial charge on any atom is 0.116 e. The molecule has 0 unspecified atom stereocenters. The highest BCUT2D eigenvalue weighted by atomic mass is 16.5.